The minimum Gasteiger partial charge on any atom is -0.493 e. The molecule has 23 nitrogen and oxygen atoms in total. The summed E-state index contributed by atoms with van der Waals surface area (Å²) in [7, 11) is 14.8. The summed E-state index contributed by atoms with van der Waals surface area (Å²) in [5.74, 6) is 1.07. The number of benzene rings is 2. The Labute approximate surface area is 440 Å². The predicted molar refractivity (Wildman–Crippen MR) is 276 cm³/mol. The molecule has 2 heterocycles. The fourth-order valence-corrected chi connectivity index (χ4v) is 11.4. The quantitative estimate of drug-likeness (QED) is 0.0177. The summed E-state index contributed by atoms with van der Waals surface area (Å²) in [5, 5.41) is 31.9. The van der Waals surface area contributed by atoms with Gasteiger partial charge in [0.2, 0.25) is 0 Å². The van der Waals surface area contributed by atoms with Crippen LogP contribution in [0.1, 0.15) is 99.1 Å². The zero-order valence-corrected chi connectivity index (χ0v) is 46.6. The van der Waals surface area contributed by atoms with Crippen LogP contribution in [0.4, 0.5) is 16.2 Å². The maximum absolute atomic E-state index is 12.3. The number of rotatable bonds is 30. The van der Waals surface area contributed by atoms with Gasteiger partial charge in [0.05, 0.1) is 113 Å². The van der Waals surface area contributed by atoms with Crippen molar-refractivity contribution in [3.63, 3.8) is 0 Å². The SMILES string of the molecule is [B]C1CC(OP(OCCC#N)N(C(C)C)C(C)C)C(COCc2cc(OC)c(OC)cc2[N+](=O)[O-])O1.[B]C1CC(OP(OCCC)N(C(C)C)C(C)C)C(COC(=O)OCc2cc(OC)c(OC)cc2[N+](=O)[O-])O1. The van der Waals surface area contributed by atoms with Crippen molar-refractivity contribution in [2.45, 2.75) is 162 Å². The van der Waals surface area contributed by atoms with E-state index in [2.05, 4.69) is 70.8 Å². The highest BCUT2D eigenvalue weighted by atomic mass is 31.2. The lowest BCUT2D eigenvalue weighted by atomic mass is 9.96. The van der Waals surface area contributed by atoms with Crippen molar-refractivity contribution >= 4 is 50.3 Å². The van der Waals surface area contributed by atoms with Crippen molar-refractivity contribution in [1.82, 2.24) is 9.34 Å². The normalized spacial score (nSPS) is 20.4. The monoisotopic (exact) mass is 1080 g/mol. The van der Waals surface area contributed by atoms with Crippen LogP contribution in [-0.4, -0.2) is 156 Å². The molecule has 0 aromatic heterocycles. The summed E-state index contributed by atoms with van der Waals surface area (Å²) in [5.41, 5.74) is 0.0362. The minimum atomic E-state index is -1.48. The molecule has 0 spiro atoms. The van der Waals surface area contributed by atoms with Crippen LogP contribution in [0.5, 0.6) is 23.0 Å². The van der Waals surface area contributed by atoms with Gasteiger partial charge in [0.1, 0.15) is 41.1 Å². The smallest absolute Gasteiger partial charge is 0.493 e. The number of carbonyl (C=O) groups is 1. The van der Waals surface area contributed by atoms with E-state index in [1.165, 1.54) is 52.7 Å². The maximum Gasteiger partial charge on any atom is 0.508 e. The van der Waals surface area contributed by atoms with E-state index in [-0.39, 0.29) is 91.2 Å². The molecule has 2 aromatic rings. The van der Waals surface area contributed by atoms with E-state index in [1.807, 2.05) is 6.92 Å². The van der Waals surface area contributed by atoms with E-state index in [0.717, 1.165) is 6.42 Å². The van der Waals surface area contributed by atoms with E-state index in [0.29, 0.717) is 30.8 Å². The Morgan fingerprint density at radius 1 is 0.689 bits per heavy atom. The van der Waals surface area contributed by atoms with E-state index in [1.54, 1.807) is 0 Å². The lowest BCUT2D eigenvalue weighted by Crippen LogP contribution is -2.36. The van der Waals surface area contributed by atoms with Gasteiger partial charge in [-0.25, -0.2) is 14.1 Å². The molecule has 0 N–H and O–H groups in total. The van der Waals surface area contributed by atoms with Crippen molar-refractivity contribution in [3.8, 4) is 29.1 Å². The molecule has 8 atom stereocenters. The lowest BCUT2D eigenvalue weighted by molar-refractivity contribution is -0.386. The zero-order valence-electron chi connectivity index (χ0n) is 44.8. The molecule has 0 bridgehead atoms. The van der Waals surface area contributed by atoms with Crippen molar-refractivity contribution < 1.29 is 75.4 Å². The molecular formula is C47H73B2N5O18P2. The molecule has 74 heavy (non-hydrogen) atoms. The molecule has 0 amide bonds. The number of ether oxygens (including phenoxy) is 9. The standard InChI is InChI=1S/C24H38BN2O10P.C23H35BN3O8P/c1-8-9-35-38(26(15(2)3)16(4)5)37-21-12-23(25)36-22(21)14-34-24(28)33-13-17-10-19(31-6)20(32-7)11-18(17)27(29)30;1-15(2)26(16(3)4)36(33-9-7-8-25)35-21-12-23(24)34-22(21)14-32-13-17-10-19(30-5)20(31-6)11-18(17)27(28)29/h10-11,15-16,21-23H,8-9,12-14H2,1-7H3;10-11,15-16,21-23H,7,9,12-14H2,1-6H3. The first-order valence-electron chi connectivity index (χ1n) is 24.3. The Morgan fingerprint density at radius 2 is 1.09 bits per heavy atom. The molecule has 4 radical (unpaired) electrons. The molecule has 8 unspecified atom stereocenters. The Morgan fingerprint density at radius 3 is 1.49 bits per heavy atom. The van der Waals surface area contributed by atoms with Crippen molar-refractivity contribution in [1.29, 1.82) is 5.26 Å². The van der Waals surface area contributed by atoms with Crippen LogP contribution in [0.2, 0.25) is 0 Å². The summed E-state index contributed by atoms with van der Waals surface area (Å²) in [6.07, 6.45) is -1.09. The van der Waals surface area contributed by atoms with Gasteiger partial charge in [-0.15, -0.1) is 0 Å². The molecule has 27 heteroatoms. The van der Waals surface area contributed by atoms with Crippen LogP contribution >= 0.6 is 17.1 Å². The number of nitriles is 1. The average Bonchev–Trinajstić information content (AvgIpc) is 3.88. The summed E-state index contributed by atoms with van der Waals surface area (Å²) in [4.78, 5) is 34.3. The number of nitro groups is 2. The van der Waals surface area contributed by atoms with Crippen molar-refractivity contribution in [3.05, 3.63) is 55.6 Å². The van der Waals surface area contributed by atoms with Gasteiger partial charge in [-0.1, -0.05) is 6.92 Å². The number of methoxy groups -OCH3 is 4. The maximum atomic E-state index is 12.3. The molecule has 0 saturated carbocycles. The van der Waals surface area contributed by atoms with E-state index in [4.69, 9.17) is 81.7 Å². The minimum absolute atomic E-state index is 0.0456. The van der Waals surface area contributed by atoms with Gasteiger partial charge < -0.3 is 60.7 Å². The van der Waals surface area contributed by atoms with E-state index in [9.17, 15) is 25.0 Å². The first-order chi connectivity index (χ1) is 35.1. The second-order valence-electron chi connectivity index (χ2n) is 17.9. The molecule has 2 fully saturated rings. The molecule has 2 saturated heterocycles. The highest BCUT2D eigenvalue weighted by Crippen LogP contribution is 2.50. The topological polar surface area (TPSA) is 254 Å². The van der Waals surface area contributed by atoms with Crippen molar-refractivity contribution in [2.24, 2.45) is 0 Å². The first kappa shape index (κ1) is 64.1. The number of hydrogen-bond acceptors (Lipinski definition) is 21. The van der Waals surface area contributed by atoms with Gasteiger partial charge in [-0.3, -0.25) is 20.2 Å². The van der Waals surface area contributed by atoms with Gasteiger partial charge in [-0.05, 0) is 86.8 Å². The van der Waals surface area contributed by atoms with Crippen LogP contribution in [0.25, 0.3) is 0 Å². The van der Waals surface area contributed by atoms with Gasteiger partial charge >= 0.3 is 6.16 Å². The summed E-state index contributed by atoms with van der Waals surface area (Å²) in [6, 6.07) is 7.02. The summed E-state index contributed by atoms with van der Waals surface area (Å²) >= 11 is 0. The summed E-state index contributed by atoms with van der Waals surface area (Å²) < 4.78 is 77.6. The number of carbonyl (C=O) groups excluding carboxylic acids is 1. The number of nitrogens with zero attached hydrogens (tertiary/aromatic N) is 5. The van der Waals surface area contributed by atoms with Crippen molar-refractivity contribution in [2.75, 3.05) is 54.9 Å². The van der Waals surface area contributed by atoms with Crippen LogP contribution in [0, 0.1) is 31.6 Å². The molecule has 2 aliphatic rings. The fourth-order valence-electron chi connectivity index (χ4n) is 7.84. The van der Waals surface area contributed by atoms with Crippen LogP contribution in [0.15, 0.2) is 24.3 Å². The fraction of sp³-hybridized carbons (Fsp3) is 0.702. The third kappa shape index (κ3) is 19.4. The molecule has 2 aliphatic heterocycles. The van der Waals surface area contributed by atoms with Gasteiger partial charge in [0.25, 0.3) is 28.4 Å². The third-order valence-electron chi connectivity index (χ3n) is 11.0. The van der Waals surface area contributed by atoms with E-state index < -0.39 is 76.1 Å². The average molecular weight is 1080 g/mol. The predicted octanol–water partition coefficient (Wildman–Crippen LogP) is 8.78. The zero-order chi connectivity index (χ0) is 55.2. The van der Waals surface area contributed by atoms with Crippen LogP contribution in [0.3, 0.4) is 0 Å². The van der Waals surface area contributed by atoms with Crippen LogP contribution in [-0.2, 0) is 55.0 Å². The molecule has 2 aromatic carbocycles. The Kier molecular flexibility index (Phi) is 28.1. The molecule has 4 rings (SSSR count). The lowest BCUT2D eigenvalue weighted by Gasteiger charge is -2.37. The van der Waals surface area contributed by atoms with Crippen LogP contribution < -0.4 is 18.9 Å². The number of hydrogen-bond donors (Lipinski definition) is 0. The summed E-state index contributed by atoms with van der Waals surface area (Å²) in [6.45, 7) is 18.8. The second kappa shape index (κ2) is 32.4. The molecule has 0 aliphatic carbocycles. The molecular weight excluding hydrogens is 1010 g/mol. The first-order valence-corrected chi connectivity index (χ1v) is 26.5. The van der Waals surface area contributed by atoms with Gasteiger partial charge in [-0.2, -0.15) is 5.26 Å². The third-order valence-corrected chi connectivity index (χ3v) is 15.3. The van der Waals surface area contributed by atoms with Gasteiger partial charge in [0, 0.05) is 36.2 Å². The molecule has 410 valence electrons. The highest BCUT2D eigenvalue weighted by molar-refractivity contribution is 7.44. The largest absolute Gasteiger partial charge is 0.508 e. The van der Waals surface area contributed by atoms with Gasteiger partial charge in [0.15, 0.2) is 23.0 Å². The Bertz CT molecular complexity index is 2100. The highest BCUT2D eigenvalue weighted by Gasteiger charge is 2.41. The number of nitro benzene ring substituents is 2. The Balaban J connectivity index is 0.000000391. The second-order valence-corrected chi connectivity index (χ2v) is 20.7. The Hall–Kier alpha value is -4.17. The van der Waals surface area contributed by atoms with E-state index >= 15 is 0 Å².